The molecule has 4 heteroatoms. The third kappa shape index (κ3) is 4.16. The van der Waals surface area contributed by atoms with Gasteiger partial charge in [-0.1, -0.05) is 37.1 Å². The number of hydrogen-bond donors (Lipinski definition) is 1. The van der Waals surface area contributed by atoms with E-state index in [2.05, 4.69) is 24.4 Å². The molecule has 130 valence electrons. The van der Waals surface area contributed by atoms with E-state index in [1.807, 2.05) is 17.0 Å². The lowest BCUT2D eigenvalue weighted by atomic mass is 10.0. The van der Waals surface area contributed by atoms with Gasteiger partial charge in [-0.15, -0.1) is 0 Å². The highest BCUT2D eigenvalue weighted by molar-refractivity contribution is 5.84. The standard InChI is InChI=1S/C20H28N2O2/c1-15-8-4-5-9-16(15)17-14-18(17)20(24)21-11-10-19(23)22-12-6-2-3-7-13-22/h4-5,8-9,17-18H,2-3,6-7,10-14H2,1H3,(H,21,24)/t17-,18+/m0/s1. The number of nitrogens with zero attached hydrogens (tertiary/aromatic N) is 1. The Morgan fingerprint density at radius 3 is 2.54 bits per heavy atom. The Kier molecular flexibility index (Phi) is 5.54. The Morgan fingerprint density at radius 2 is 1.83 bits per heavy atom. The number of aryl methyl sites for hydroxylation is 1. The number of rotatable bonds is 5. The molecule has 2 aliphatic rings. The maximum Gasteiger partial charge on any atom is 0.224 e. The van der Waals surface area contributed by atoms with E-state index in [0.717, 1.165) is 32.4 Å². The second kappa shape index (κ2) is 7.82. The van der Waals surface area contributed by atoms with E-state index in [0.29, 0.717) is 18.9 Å². The number of amides is 2. The fraction of sp³-hybridized carbons (Fsp3) is 0.600. The molecule has 1 saturated carbocycles. The SMILES string of the molecule is Cc1ccccc1[C@@H]1C[C@H]1C(=O)NCCC(=O)N1CCCCCC1. The van der Waals surface area contributed by atoms with Crippen LogP contribution >= 0.6 is 0 Å². The third-order valence-electron chi connectivity index (χ3n) is 5.31. The van der Waals surface area contributed by atoms with Gasteiger partial charge in [-0.2, -0.15) is 0 Å². The summed E-state index contributed by atoms with van der Waals surface area (Å²) in [6.45, 7) is 4.32. The molecule has 0 radical (unpaired) electrons. The quantitative estimate of drug-likeness (QED) is 0.903. The van der Waals surface area contributed by atoms with Crippen LogP contribution in [-0.2, 0) is 9.59 Å². The maximum absolute atomic E-state index is 12.3. The first-order valence-corrected chi connectivity index (χ1v) is 9.28. The van der Waals surface area contributed by atoms with Crippen molar-refractivity contribution in [3.05, 3.63) is 35.4 Å². The van der Waals surface area contributed by atoms with Gasteiger partial charge in [0.05, 0.1) is 0 Å². The minimum absolute atomic E-state index is 0.0828. The van der Waals surface area contributed by atoms with Crippen molar-refractivity contribution in [1.29, 1.82) is 0 Å². The van der Waals surface area contributed by atoms with Crippen molar-refractivity contribution in [2.45, 2.75) is 51.4 Å². The first-order valence-electron chi connectivity index (χ1n) is 9.28. The molecule has 0 spiro atoms. The smallest absolute Gasteiger partial charge is 0.224 e. The number of carbonyl (C=O) groups is 2. The van der Waals surface area contributed by atoms with Crippen LogP contribution in [0.1, 0.15) is 55.6 Å². The Balaban J connectivity index is 1.40. The Hall–Kier alpha value is -1.84. The van der Waals surface area contributed by atoms with Gasteiger partial charge in [-0.3, -0.25) is 9.59 Å². The van der Waals surface area contributed by atoms with Crippen molar-refractivity contribution in [3.8, 4) is 0 Å². The predicted octanol–water partition coefficient (Wildman–Crippen LogP) is 3.01. The summed E-state index contributed by atoms with van der Waals surface area (Å²) in [6, 6.07) is 8.29. The molecule has 3 rings (SSSR count). The van der Waals surface area contributed by atoms with Crippen molar-refractivity contribution in [2.75, 3.05) is 19.6 Å². The van der Waals surface area contributed by atoms with Crippen LogP contribution in [0, 0.1) is 12.8 Å². The summed E-state index contributed by atoms with van der Waals surface area (Å²) in [4.78, 5) is 26.5. The second-order valence-electron chi connectivity index (χ2n) is 7.14. The molecule has 1 aliphatic carbocycles. The summed E-state index contributed by atoms with van der Waals surface area (Å²) in [6.07, 6.45) is 6.02. The van der Waals surface area contributed by atoms with Crippen LogP contribution < -0.4 is 5.32 Å². The lowest BCUT2D eigenvalue weighted by Gasteiger charge is -2.20. The van der Waals surface area contributed by atoms with Crippen LogP contribution in [0.3, 0.4) is 0 Å². The second-order valence-corrected chi connectivity index (χ2v) is 7.14. The summed E-state index contributed by atoms with van der Waals surface area (Å²) >= 11 is 0. The highest BCUT2D eigenvalue weighted by atomic mass is 16.2. The Labute approximate surface area is 144 Å². The zero-order chi connectivity index (χ0) is 16.9. The normalized spacial score (nSPS) is 23.5. The number of likely N-dealkylation sites (tertiary alicyclic amines) is 1. The largest absolute Gasteiger partial charge is 0.355 e. The van der Waals surface area contributed by atoms with Gasteiger partial charge in [0, 0.05) is 32.0 Å². The molecule has 4 nitrogen and oxygen atoms in total. The maximum atomic E-state index is 12.3. The summed E-state index contributed by atoms with van der Waals surface area (Å²) in [5.74, 6) is 0.724. The van der Waals surface area contributed by atoms with Gasteiger partial charge in [0.1, 0.15) is 0 Å². The van der Waals surface area contributed by atoms with E-state index in [-0.39, 0.29) is 17.7 Å². The predicted molar refractivity (Wildman–Crippen MR) is 94.7 cm³/mol. The molecular weight excluding hydrogens is 300 g/mol. The van der Waals surface area contributed by atoms with Gasteiger partial charge >= 0.3 is 0 Å². The molecular formula is C20H28N2O2. The van der Waals surface area contributed by atoms with Gasteiger partial charge in [0.25, 0.3) is 0 Å². The summed E-state index contributed by atoms with van der Waals surface area (Å²) in [7, 11) is 0. The minimum atomic E-state index is 0.0828. The van der Waals surface area contributed by atoms with Crippen LogP contribution in [0.4, 0.5) is 0 Å². The Morgan fingerprint density at radius 1 is 1.12 bits per heavy atom. The van der Waals surface area contributed by atoms with E-state index in [4.69, 9.17) is 0 Å². The van der Waals surface area contributed by atoms with E-state index in [1.165, 1.54) is 24.0 Å². The number of nitrogens with one attached hydrogen (secondary N) is 1. The lowest BCUT2D eigenvalue weighted by molar-refractivity contribution is -0.131. The number of benzene rings is 1. The molecule has 2 amide bonds. The van der Waals surface area contributed by atoms with Crippen molar-refractivity contribution in [1.82, 2.24) is 10.2 Å². The number of carbonyl (C=O) groups excluding carboxylic acids is 2. The van der Waals surface area contributed by atoms with Crippen LogP contribution in [0.2, 0.25) is 0 Å². The van der Waals surface area contributed by atoms with Gasteiger partial charge in [-0.25, -0.2) is 0 Å². The van der Waals surface area contributed by atoms with Crippen LogP contribution in [0.5, 0.6) is 0 Å². The summed E-state index contributed by atoms with van der Waals surface area (Å²) in [5.41, 5.74) is 2.55. The molecule has 0 aromatic heterocycles. The van der Waals surface area contributed by atoms with Gasteiger partial charge in [0.2, 0.25) is 11.8 Å². The highest BCUT2D eigenvalue weighted by Crippen LogP contribution is 2.48. The van der Waals surface area contributed by atoms with Crippen LogP contribution in [0.15, 0.2) is 24.3 Å². The molecule has 1 saturated heterocycles. The molecule has 2 atom stereocenters. The number of hydrogen-bond acceptors (Lipinski definition) is 2. The zero-order valence-electron chi connectivity index (χ0n) is 14.6. The molecule has 24 heavy (non-hydrogen) atoms. The molecule has 1 aromatic rings. The fourth-order valence-electron chi connectivity index (χ4n) is 3.73. The van der Waals surface area contributed by atoms with E-state index in [1.54, 1.807) is 0 Å². The van der Waals surface area contributed by atoms with Crippen molar-refractivity contribution >= 4 is 11.8 Å². The molecule has 0 unspecified atom stereocenters. The topological polar surface area (TPSA) is 49.4 Å². The van der Waals surface area contributed by atoms with Gasteiger partial charge in [-0.05, 0) is 43.2 Å². The van der Waals surface area contributed by atoms with E-state index >= 15 is 0 Å². The molecule has 1 aliphatic heterocycles. The average molecular weight is 328 g/mol. The first kappa shape index (κ1) is 17.0. The monoisotopic (exact) mass is 328 g/mol. The van der Waals surface area contributed by atoms with Crippen molar-refractivity contribution in [3.63, 3.8) is 0 Å². The molecule has 1 heterocycles. The zero-order valence-corrected chi connectivity index (χ0v) is 14.6. The first-order chi connectivity index (χ1) is 11.7. The van der Waals surface area contributed by atoms with Gasteiger partial charge in [0.15, 0.2) is 0 Å². The molecule has 0 bridgehead atoms. The summed E-state index contributed by atoms with van der Waals surface area (Å²) in [5, 5.41) is 2.96. The summed E-state index contributed by atoms with van der Waals surface area (Å²) < 4.78 is 0. The van der Waals surface area contributed by atoms with E-state index < -0.39 is 0 Å². The van der Waals surface area contributed by atoms with Crippen molar-refractivity contribution < 1.29 is 9.59 Å². The lowest BCUT2D eigenvalue weighted by Crippen LogP contribution is -2.35. The Bertz CT molecular complexity index is 591. The molecule has 1 N–H and O–H groups in total. The fourth-order valence-corrected chi connectivity index (χ4v) is 3.73. The van der Waals surface area contributed by atoms with Crippen LogP contribution in [-0.4, -0.2) is 36.3 Å². The average Bonchev–Trinajstić information content (AvgIpc) is 3.39. The minimum Gasteiger partial charge on any atom is -0.355 e. The highest BCUT2D eigenvalue weighted by Gasteiger charge is 2.44. The molecule has 1 aromatic carbocycles. The third-order valence-corrected chi connectivity index (χ3v) is 5.31. The van der Waals surface area contributed by atoms with Gasteiger partial charge < -0.3 is 10.2 Å². The van der Waals surface area contributed by atoms with Crippen LogP contribution in [0.25, 0.3) is 0 Å². The molecule has 2 fully saturated rings. The van der Waals surface area contributed by atoms with E-state index in [9.17, 15) is 9.59 Å². The van der Waals surface area contributed by atoms with Crippen molar-refractivity contribution in [2.24, 2.45) is 5.92 Å².